The highest BCUT2D eigenvalue weighted by Gasteiger charge is 2.28. The Bertz CT molecular complexity index is 946. The van der Waals surface area contributed by atoms with Crippen LogP contribution in [0.15, 0.2) is 58.9 Å². The molecule has 1 heterocycles. The highest BCUT2D eigenvalue weighted by Crippen LogP contribution is 2.38. The number of carbonyl (C=O) groups excluding carboxylic acids is 1. The Hall–Kier alpha value is -2.59. The fourth-order valence-electron chi connectivity index (χ4n) is 2.35. The van der Waals surface area contributed by atoms with E-state index >= 15 is 0 Å². The highest BCUT2D eigenvalue weighted by molar-refractivity contribution is 8.02. The van der Waals surface area contributed by atoms with Gasteiger partial charge in [0.25, 0.3) is 0 Å². The average molecular weight is 439 g/mol. The molecule has 0 fully saturated rings. The second kappa shape index (κ2) is 9.27. The lowest BCUT2D eigenvalue weighted by atomic mass is 10.1. The third-order valence-electron chi connectivity index (χ3n) is 3.72. The Labute approximate surface area is 173 Å². The first-order valence-corrected chi connectivity index (χ1v) is 10.2. The van der Waals surface area contributed by atoms with Gasteiger partial charge in [0, 0.05) is 5.69 Å². The SMILES string of the molecule is Cc1ccc(NC(=O)C(Sc2nnc(NCC(F)(F)F)s2)c2ccccc2)cc1. The number of alkyl halides is 3. The highest BCUT2D eigenvalue weighted by atomic mass is 32.2. The number of benzene rings is 2. The van der Waals surface area contributed by atoms with E-state index in [0.717, 1.165) is 34.2 Å². The van der Waals surface area contributed by atoms with Crippen molar-refractivity contribution in [3.63, 3.8) is 0 Å². The van der Waals surface area contributed by atoms with E-state index in [1.54, 1.807) is 0 Å². The van der Waals surface area contributed by atoms with E-state index < -0.39 is 18.0 Å². The molecule has 0 saturated carbocycles. The Morgan fingerprint density at radius 3 is 2.45 bits per heavy atom. The minimum atomic E-state index is -4.35. The van der Waals surface area contributed by atoms with E-state index in [1.807, 2.05) is 61.5 Å². The van der Waals surface area contributed by atoms with Crippen LogP contribution < -0.4 is 10.6 Å². The Balaban J connectivity index is 1.75. The van der Waals surface area contributed by atoms with Gasteiger partial charge in [-0.3, -0.25) is 4.79 Å². The van der Waals surface area contributed by atoms with Crippen molar-refractivity contribution < 1.29 is 18.0 Å². The van der Waals surface area contributed by atoms with Crippen molar-refractivity contribution in [1.29, 1.82) is 0 Å². The third-order valence-corrected chi connectivity index (χ3v) is 5.94. The molecule has 5 nitrogen and oxygen atoms in total. The fourth-order valence-corrected chi connectivity index (χ4v) is 4.29. The smallest absolute Gasteiger partial charge is 0.351 e. The van der Waals surface area contributed by atoms with Gasteiger partial charge in [-0.15, -0.1) is 10.2 Å². The normalized spacial score (nSPS) is 12.4. The lowest BCUT2D eigenvalue weighted by Gasteiger charge is -2.15. The molecule has 0 bridgehead atoms. The maximum Gasteiger partial charge on any atom is 0.405 e. The number of halogens is 3. The van der Waals surface area contributed by atoms with Crippen molar-refractivity contribution in [3.05, 3.63) is 65.7 Å². The van der Waals surface area contributed by atoms with Crippen LogP contribution in [0.1, 0.15) is 16.4 Å². The maximum absolute atomic E-state index is 12.9. The number of nitrogens with zero attached hydrogens (tertiary/aromatic N) is 2. The van der Waals surface area contributed by atoms with Gasteiger partial charge < -0.3 is 10.6 Å². The number of aryl methyl sites for hydroxylation is 1. The predicted molar refractivity (Wildman–Crippen MR) is 109 cm³/mol. The zero-order valence-electron chi connectivity index (χ0n) is 15.2. The van der Waals surface area contributed by atoms with Crippen LogP contribution in [0.4, 0.5) is 24.0 Å². The number of rotatable bonds is 7. The van der Waals surface area contributed by atoms with E-state index in [0.29, 0.717) is 10.0 Å². The molecule has 2 aromatic carbocycles. The van der Waals surface area contributed by atoms with Crippen LogP contribution in [-0.4, -0.2) is 28.8 Å². The minimum absolute atomic E-state index is 0.0515. The second-order valence-electron chi connectivity index (χ2n) is 6.11. The van der Waals surface area contributed by atoms with Crippen LogP contribution in [-0.2, 0) is 4.79 Å². The largest absolute Gasteiger partial charge is 0.405 e. The molecule has 1 aromatic heterocycles. The first kappa shape index (κ1) is 21.1. The van der Waals surface area contributed by atoms with Crippen LogP contribution >= 0.6 is 23.1 Å². The van der Waals surface area contributed by atoms with E-state index in [-0.39, 0.29) is 11.0 Å². The molecule has 10 heteroatoms. The molecule has 1 atom stereocenters. The van der Waals surface area contributed by atoms with Crippen molar-refractivity contribution in [2.75, 3.05) is 17.2 Å². The van der Waals surface area contributed by atoms with Crippen LogP contribution in [0, 0.1) is 6.92 Å². The van der Waals surface area contributed by atoms with Crippen molar-refractivity contribution >= 4 is 39.8 Å². The zero-order valence-corrected chi connectivity index (χ0v) is 16.9. The molecular weight excluding hydrogens is 421 g/mol. The zero-order chi connectivity index (χ0) is 20.9. The van der Waals surface area contributed by atoms with Crippen LogP contribution in [0.5, 0.6) is 0 Å². The molecule has 0 aliphatic rings. The van der Waals surface area contributed by atoms with Gasteiger partial charge in [0.2, 0.25) is 11.0 Å². The number of anilines is 2. The number of nitrogens with one attached hydrogen (secondary N) is 2. The van der Waals surface area contributed by atoms with Crippen molar-refractivity contribution in [2.24, 2.45) is 0 Å². The van der Waals surface area contributed by atoms with Gasteiger partial charge >= 0.3 is 6.18 Å². The Morgan fingerprint density at radius 2 is 1.79 bits per heavy atom. The lowest BCUT2D eigenvalue weighted by Crippen LogP contribution is -2.21. The number of amides is 1. The summed E-state index contributed by atoms with van der Waals surface area (Å²) in [6.07, 6.45) is -4.35. The van der Waals surface area contributed by atoms with Crippen LogP contribution in [0.25, 0.3) is 0 Å². The molecule has 2 N–H and O–H groups in total. The van der Waals surface area contributed by atoms with Crippen LogP contribution in [0.2, 0.25) is 0 Å². The van der Waals surface area contributed by atoms with Gasteiger partial charge in [-0.25, -0.2) is 0 Å². The fraction of sp³-hybridized carbons (Fsp3) is 0.211. The molecular formula is C19H17F3N4OS2. The van der Waals surface area contributed by atoms with E-state index in [1.165, 1.54) is 0 Å². The monoisotopic (exact) mass is 438 g/mol. The average Bonchev–Trinajstić information content (AvgIpc) is 3.14. The summed E-state index contributed by atoms with van der Waals surface area (Å²) in [6, 6.07) is 16.5. The number of carbonyl (C=O) groups is 1. The molecule has 0 saturated heterocycles. The number of hydrogen-bond acceptors (Lipinski definition) is 6. The molecule has 152 valence electrons. The summed E-state index contributed by atoms with van der Waals surface area (Å²) in [5.74, 6) is -0.259. The van der Waals surface area contributed by atoms with Gasteiger partial charge in [0.05, 0.1) is 0 Å². The van der Waals surface area contributed by atoms with Gasteiger partial charge in [0.1, 0.15) is 11.8 Å². The summed E-state index contributed by atoms with van der Waals surface area (Å²) in [5, 5.41) is 12.1. The van der Waals surface area contributed by atoms with Crippen molar-refractivity contribution in [2.45, 2.75) is 22.7 Å². The molecule has 0 aliphatic heterocycles. The Morgan fingerprint density at radius 1 is 1.10 bits per heavy atom. The van der Waals surface area contributed by atoms with Gasteiger partial charge in [-0.2, -0.15) is 13.2 Å². The number of hydrogen-bond donors (Lipinski definition) is 2. The summed E-state index contributed by atoms with van der Waals surface area (Å²) >= 11 is 2.11. The topological polar surface area (TPSA) is 66.9 Å². The Kier molecular flexibility index (Phi) is 6.75. The number of thioether (sulfide) groups is 1. The third kappa shape index (κ3) is 6.47. The molecule has 0 aliphatic carbocycles. The molecule has 3 rings (SSSR count). The molecule has 0 spiro atoms. The standard InChI is InChI=1S/C19H17F3N4OS2/c1-12-7-9-14(10-8-12)24-16(27)15(13-5-3-2-4-6-13)28-18-26-25-17(29-18)23-11-19(20,21)22/h2-10,15H,11H2,1H3,(H,23,25)(H,24,27). The molecule has 1 unspecified atom stereocenters. The van der Waals surface area contributed by atoms with Gasteiger partial charge in [0.15, 0.2) is 4.34 Å². The van der Waals surface area contributed by atoms with Crippen LogP contribution in [0.3, 0.4) is 0 Å². The molecule has 3 aromatic rings. The first-order valence-electron chi connectivity index (χ1n) is 8.53. The minimum Gasteiger partial charge on any atom is -0.351 e. The lowest BCUT2D eigenvalue weighted by molar-refractivity contribution is -0.116. The summed E-state index contributed by atoms with van der Waals surface area (Å²) in [4.78, 5) is 12.9. The summed E-state index contributed by atoms with van der Waals surface area (Å²) in [6.45, 7) is 0.760. The van der Waals surface area contributed by atoms with Gasteiger partial charge in [-0.1, -0.05) is 71.1 Å². The van der Waals surface area contributed by atoms with E-state index in [2.05, 4.69) is 20.8 Å². The first-order chi connectivity index (χ1) is 13.8. The summed E-state index contributed by atoms with van der Waals surface area (Å²) < 4.78 is 37.5. The van der Waals surface area contributed by atoms with E-state index in [9.17, 15) is 18.0 Å². The predicted octanol–water partition coefficient (Wildman–Crippen LogP) is 5.29. The van der Waals surface area contributed by atoms with Crippen molar-refractivity contribution in [3.8, 4) is 0 Å². The quantitative estimate of drug-likeness (QED) is 0.491. The molecule has 0 radical (unpaired) electrons. The second-order valence-corrected chi connectivity index (χ2v) is 8.44. The maximum atomic E-state index is 12.9. The summed E-state index contributed by atoms with van der Waals surface area (Å²) in [5.41, 5.74) is 2.48. The van der Waals surface area contributed by atoms with Crippen molar-refractivity contribution in [1.82, 2.24) is 10.2 Å². The molecule has 1 amide bonds. The molecule has 29 heavy (non-hydrogen) atoms. The number of aromatic nitrogens is 2. The van der Waals surface area contributed by atoms with Gasteiger partial charge in [-0.05, 0) is 24.6 Å². The van der Waals surface area contributed by atoms with E-state index in [4.69, 9.17) is 0 Å². The summed E-state index contributed by atoms with van der Waals surface area (Å²) in [7, 11) is 0.